The molecule has 5 nitrogen and oxygen atoms in total. The number of benzene rings is 2. The van der Waals surface area contributed by atoms with Crippen LogP contribution < -0.4 is 9.47 Å². The Morgan fingerprint density at radius 3 is 2.50 bits per heavy atom. The van der Waals surface area contributed by atoms with Crippen molar-refractivity contribution < 1.29 is 14.3 Å². The fourth-order valence-corrected chi connectivity index (χ4v) is 4.70. The Bertz CT molecular complexity index is 875. The topological polar surface area (TPSA) is 42.0 Å². The highest BCUT2D eigenvalue weighted by Gasteiger charge is 2.24. The lowest BCUT2D eigenvalue weighted by molar-refractivity contribution is 0.0784. The Balaban J connectivity index is 1.31. The van der Waals surface area contributed by atoms with Gasteiger partial charge in [-0.05, 0) is 75.9 Å². The highest BCUT2D eigenvalue weighted by molar-refractivity contribution is 5.97. The third-order valence-electron chi connectivity index (χ3n) is 6.29. The molecule has 0 radical (unpaired) electrons. The van der Waals surface area contributed by atoms with Crippen molar-refractivity contribution in [2.24, 2.45) is 5.92 Å². The van der Waals surface area contributed by atoms with E-state index in [0.717, 1.165) is 57.1 Å². The fourth-order valence-electron chi connectivity index (χ4n) is 4.70. The minimum Gasteiger partial charge on any atom is -0.492 e. The molecule has 2 aliphatic rings. The summed E-state index contributed by atoms with van der Waals surface area (Å²) in [5.41, 5.74) is 2.01. The summed E-state index contributed by atoms with van der Waals surface area (Å²) in [7, 11) is 0. The second-order valence-corrected chi connectivity index (χ2v) is 9.36. The molecule has 1 atom stereocenters. The molecule has 1 amide bonds. The van der Waals surface area contributed by atoms with Crippen molar-refractivity contribution in [1.82, 2.24) is 9.80 Å². The van der Waals surface area contributed by atoms with Gasteiger partial charge in [-0.3, -0.25) is 9.69 Å². The van der Waals surface area contributed by atoms with Gasteiger partial charge in [0.15, 0.2) is 0 Å². The minimum absolute atomic E-state index is 0.105. The van der Waals surface area contributed by atoms with Crippen LogP contribution in [0.1, 0.15) is 55.5 Å². The van der Waals surface area contributed by atoms with Gasteiger partial charge in [0.2, 0.25) is 0 Å². The summed E-state index contributed by atoms with van der Waals surface area (Å²) in [6.07, 6.45) is 4.73. The second kappa shape index (κ2) is 10.9. The van der Waals surface area contributed by atoms with Crippen LogP contribution in [0.4, 0.5) is 0 Å². The molecule has 32 heavy (non-hydrogen) atoms. The predicted octanol–water partition coefficient (Wildman–Crippen LogP) is 5.00. The monoisotopic (exact) mass is 436 g/mol. The highest BCUT2D eigenvalue weighted by Crippen LogP contribution is 2.25. The smallest absolute Gasteiger partial charge is 0.257 e. The molecular formula is C27H36N2O3. The van der Waals surface area contributed by atoms with E-state index in [1.54, 1.807) is 0 Å². The Morgan fingerprint density at radius 2 is 1.75 bits per heavy atom. The van der Waals surface area contributed by atoms with Gasteiger partial charge in [0.05, 0.1) is 18.3 Å². The fraction of sp³-hybridized carbons (Fsp3) is 0.519. The highest BCUT2D eigenvalue weighted by atomic mass is 16.5. The van der Waals surface area contributed by atoms with Crippen LogP contribution in [-0.2, 0) is 6.54 Å². The summed E-state index contributed by atoms with van der Waals surface area (Å²) < 4.78 is 12.0. The third kappa shape index (κ3) is 6.04. The molecule has 1 unspecified atom stereocenters. The van der Waals surface area contributed by atoms with Crippen LogP contribution in [0.15, 0.2) is 48.5 Å². The number of amides is 1. The van der Waals surface area contributed by atoms with Crippen LogP contribution in [0, 0.1) is 5.92 Å². The number of carbonyl (C=O) groups excluding carboxylic acids is 1. The van der Waals surface area contributed by atoms with Crippen molar-refractivity contribution >= 4 is 5.91 Å². The van der Waals surface area contributed by atoms with Crippen LogP contribution in [-0.4, -0.2) is 54.6 Å². The molecule has 2 saturated heterocycles. The molecule has 0 N–H and O–H groups in total. The molecular weight excluding hydrogens is 400 g/mol. The number of piperidine rings is 1. The van der Waals surface area contributed by atoms with Gasteiger partial charge in [-0.2, -0.15) is 0 Å². The number of hydrogen-bond acceptors (Lipinski definition) is 4. The van der Waals surface area contributed by atoms with Gasteiger partial charge in [-0.15, -0.1) is 0 Å². The largest absolute Gasteiger partial charge is 0.492 e. The number of ether oxygens (including phenoxy) is 2. The molecule has 5 heteroatoms. The Morgan fingerprint density at radius 1 is 1.00 bits per heavy atom. The molecule has 0 aromatic heterocycles. The van der Waals surface area contributed by atoms with Crippen molar-refractivity contribution in [2.75, 3.05) is 32.8 Å². The Hall–Kier alpha value is -2.53. The van der Waals surface area contributed by atoms with E-state index in [4.69, 9.17) is 9.47 Å². The number of rotatable bonds is 8. The first-order valence-electron chi connectivity index (χ1n) is 12.1. The lowest BCUT2D eigenvalue weighted by Gasteiger charge is -2.32. The van der Waals surface area contributed by atoms with Crippen molar-refractivity contribution in [3.63, 3.8) is 0 Å². The third-order valence-corrected chi connectivity index (χ3v) is 6.29. The number of nitrogens with zero attached hydrogens (tertiary/aromatic N) is 2. The standard InChI is InChI=1S/C27H36N2O3/c1-21(2)32-24-13-11-22(12-14-24)18-28-15-7-8-23(19-28)20-31-26-10-4-3-9-25(26)27(30)29-16-5-6-17-29/h3-4,9-14,21,23H,5-8,15-20H2,1-2H3. The summed E-state index contributed by atoms with van der Waals surface area (Å²) in [5.74, 6) is 2.23. The molecule has 2 aromatic carbocycles. The molecule has 0 bridgehead atoms. The molecule has 4 rings (SSSR count). The van der Waals surface area contributed by atoms with Gasteiger partial charge in [0, 0.05) is 32.1 Å². The van der Waals surface area contributed by atoms with Crippen LogP contribution in [0.3, 0.4) is 0 Å². The normalized spacial score (nSPS) is 19.3. The zero-order valence-corrected chi connectivity index (χ0v) is 19.5. The molecule has 172 valence electrons. The predicted molar refractivity (Wildman–Crippen MR) is 127 cm³/mol. The van der Waals surface area contributed by atoms with Gasteiger partial charge < -0.3 is 14.4 Å². The molecule has 2 aromatic rings. The first-order valence-corrected chi connectivity index (χ1v) is 12.1. The van der Waals surface area contributed by atoms with E-state index in [9.17, 15) is 4.79 Å². The Labute approximate surface area is 192 Å². The van der Waals surface area contributed by atoms with Crippen LogP contribution in [0.2, 0.25) is 0 Å². The minimum atomic E-state index is 0.105. The van der Waals surface area contributed by atoms with Crippen LogP contribution in [0.5, 0.6) is 11.5 Å². The van der Waals surface area contributed by atoms with Gasteiger partial charge >= 0.3 is 0 Å². The van der Waals surface area contributed by atoms with E-state index < -0.39 is 0 Å². The zero-order chi connectivity index (χ0) is 22.3. The lowest BCUT2D eigenvalue weighted by atomic mass is 9.98. The molecule has 0 aliphatic carbocycles. The number of hydrogen-bond donors (Lipinski definition) is 0. The molecule has 0 spiro atoms. The van der Waals surface area contributed by atoms with E-state index in [-0.39, 0.29) is 12.0 Å². The van der Waals surface area contributed by atoms with Crippen molar-refractivity contribution in [3.8, 4) is 11.5 Å². The first kappa shape index (κ1) is 22.7. The van der Waals surface area contributed by atoms with Gasteiger partial charge in [0.1, 0.15) is 11.5 Å². The van der Waals surface area contributed by atoms with E-state index >= 15 is 0 Å². The molecule has 0 saturated carbocycles. The summed E-state index contributed by atoms with van der Waals surface area (Å²) in [4.78, 5) is 17.3. The van der Waals surface area contributed by atoms with Gasteiger partial charge in [0.25, 0.3) is 5.91 Å². The molecule has 2 aliphatic heterocycles. The van der Waals surface area contributed by atoms with Crippen molar-refractivity contribution in [1.29, 1.82) is 0 Å². The number of carbonyl (C=O) groups is 1. The summed E-state index contributed by atoms with van der Waals surface area (Å²) in [6.45, 7) is 9.54. The van der Waals surface area contributed by atoms with E-state index in [1.807, 2.05) is 43.0 Å². The summed E-state index contributed by atoms with van der Waals surface area (Å²) >= 11 is 0. The zero-order valence-electron chi connectivity index (χ0n) is 19.5. The van der Waals surface area contributed by atoms with E-state index in [2.05, 4.69) is 29.2 Å². The van der Waals surface area contributed by atoms with Crippen LogP contribution in [0.25, 0.3) is 0 Å². The van der Waals surface area contributed by atoms with Gasteiger partial charge in [-0.25, -0.2) is 0 Å². The Kier molecular flexibility index (Phi) is 7.69. The average Bonchev–Trinajstić information content (AvgIpc) is 3.34. The maximum Gasteiger partial charge on any atom is 0.257 e. The number of likely N-dealkylation sites (tertiary alicyclic amines) is 2. The second-order valence-electron chi connectivity index (χ2n) is 9.36. The SMILES string of the molecule is CC(C)Oc1ccc(CN2CCCC(COc3ccccc3C(=O)N3CCCC3)C2)cc1. The van der Waals surface area contributed by atoms with Crippen molar-refractivity contribution in [2.45, 2.75) is 52.2 Å². The van der Waals surface area contributed by atoms with Crippen molar-refractivity contribution in [3.05, 3.63) is 59.7 Å². The van der Waals surface area contributed by atoms with Gasteiger partial charge in [-0.1, -0.05) is 24.3 Å². The lowest BCUT2D eigenvalue weighted by Crippen LogP contribution is -2.37. The van der Waals surface area contributed by atoms with E-state index in [1.165, 1.54) is 18.4 Å². The summed E-state index contributed by atoms with van der Waals surface area (Å²) in [6, 6.07) is 16.2. The maximum atomic E-state index is 12.9. The number of para-hydroxylation sites is 1. The first-order chi connectivity index (χ1) is 15.6. The summed E-state index contributed by atoms with van der Waals surface area (Å²) in [5, 5.41) is 0. The average molecular weight is 437 g/mol. The quantitative estimate of drug-likeness (QED) is 0.584. The molecule has 2 fully saturated rings. The van der Waals surface area contributed by atoms with E-state index in [0.29, 0.717) is 18.1 Å². The van der Waals surface area contributed by atoms with Crippen LogP contribution >= 0.6 is 0 Å². The molecule has 2 heterocycles. The maximum absolute atomic E-state index is 12.9.